The molecule has 1 amide bonds. The van der Waals surface area contributed by atoms with Crippen LogP contribution in [0.25, 0.3) is 0 Å². The van der Waals surface area contributed by atoms with Crippen molar-refractivity contribution < 1.29 is 19.4 Å². The second-order valence-corrected chi connectivity index (χ2v) is 5.08. The Bertz CT molecular complexity index is 492. The van der Waals surface area contributed by atoms with Gasteiger partial charge in [-0.1, -0.05) is 0 Å². The number of amides is 1. The van der Waals surface area contributed by atoms with Gasteiger partial charge in [-0.15, -0.1) is 0 Å². The molecule has 6 heteroatoms. The highest BCUT2D eigenvalue weighted by Crippen LogP contribution is 2.15. The molecule has 6 nitrogen and oxygen atoms in total. The molecule has 1 aromatic heterocycles. The topological polar surface area (TPSA) is 88.5 Å². The fourth-order valence-corrected chi connectivity index (χ4v) is 1.33. The highest BCUT2D eigenvalue weighted by atomic mass is 16.6. The molecule has 0 aliphatic carbocycles. The molecule has 1 aromatic rings. The van der Waals surface area contributed by atoms with Crippen LogP contribution < -0.4 is 5.32 Å². The average Bonchev–Trinajstić information content (AvgIpc) is 2.25. The molecule has 0 bridgehead atoms. The number of carbonyl (C=O) groups is 2. The van der Waals surface area contributed by atoms with Gasteiger partial charge >= 0.3 is 6.09 Å². The number of carbonyl (C=O) groups excluding carboxylic acids is 2. The lowest BCUT2D eigenvalue weighted by atomic mass is 10.2. The highest BCUT2D eigenvalue weighted by molar-refractivity contribution is 5.94. The van der Waals surface area contributed by atoms with Gasteiger partial charge in [-0.3, -0.25) is 4.79 Å². The molecule has 0 spiro atoms. The van der Waals surface area contributed by atoms with Crippen molar-refractivity contribution in [3.63, 3.8) is 0 Å². The standard InChI is InChI=1S/C13H18N2O4/c1-8(16)11-10(17)6-5-9(15-11)7-14-12(18)19-13(2,3)4/h5-6,17H,7H2,1-4H3,(H,14,18). The lowest BCUT2D eigenvalue weighted by molar-refractivity contribution is 0.0523. The third-order valence-electron chi connectivity index (χ3n) is 2.08. The normalized spacial score (nSPS) is 10.9. The summed E-state index contributed by atoms with van der Waals surface area (Å²) in [5, 5.41) is 12.0. The number of aromatic hydroxyl groups is 1. The Morgan fingerprint density at radius 3 is 2.53 bits per heavy atom. The summed E-state index contributed by atoms with van der Waals surface area (Å²) in [5.74, 6) is -0.509. The van der Waals surface area contributed by atoms with Crippen LogP contribution in [-0.2, 0) is 11.3 Å². The molecule has 0 aliphatic rings. The summed E-state index contributed by atoms with van der Waals surface area (Å²) < 4.78 is 5.07. The molecule has 0 saturated carbocycles. The third kappa shape index (κ3) is 4.95. The van der Waals surface area contributed by atoms with Crippen LogP contribution >= 0.6 is 0 Å². The van der Waals surface area contributed by atoms with Gasteiger partial charge in [-0.05, 0) is 32.9 Å². The maximum atomic E-state index is 11.4. The van der Waals surface area contributed by atoms with E-state index >= 15 is 0 Å². The predicted molar refractivity (Wildman–Crippen MR) is 69.0 cm³/mol. The van der Waals surface area contributed by atoms with E-state index in [1.165, 1.54) is 19.1 Å². The van der Waals surface area contributed by atoms with Gasteiger partial charge in [-0.2, -0.15) is 0 Å². The van der Waals surface area contributed by atoms with Crippen molar-refractivity contribution in [3.8, 4) is 5.75 Å². The van der Waals surface area contributed by atoms with Crippen molar-refractivity contribution in [1.82, 2.24) is 10.3 Å². The predicted octanol–water partition coefficient (Wildman–Crippen LogP) is 2.01. The third-order valence-corrected chi connectivity index (χ3v) is 2.08. The van der Waals surface area contributed by atoms with E-state index in [1.807, 2.05) is 0 Å². The first-order valence-corrected chi connectivity index (χ1v) is 5.86. The largest absolute Gasteiger partial charge is 0.506 e. The molecular formula is C13H18N2O4. The summed E-state index contributed by atoms with van der Waals surface area (Å²) in [6.07, 6.45) is -0.563. The summed E-state index contributed by atoms with van der Waals surface area (Å²) in [7, 11) is 0. The summed E-state index contributed by atoms with van der Waals surface area (Å²) in [6.45, 7) is 6.72. The number of Topliss-reactive ketones (excluding diaryl/α,β-unsaturated/α-hetero) is 1. The Morgan fingerprint density at radius 1 is 1.37 bits per heavy atom. The molecule has 0 aliphatic heterocycles. The molecule has 0 aromatic carbocycles. The highest BCUT2D eigenvalue weighted by Gasteiger charge is 2.16. The van der Waals surface area contributed by atoms with E-state index in [2.05, 4.69) is 10.3 Å². The zero-order valence-corrected chi connectivity index (χ0v) is 11.5. The van der Waals surface area contributed by atoms with Gasteiger partial charge in [0.05, 0.1) is 12.2 Å². The molecule has 1 heterocycles. The molecular weight excluding hydrogens is 248 g/mol. The average molecular weight is 266 g/mol. The number of aromatic nitrogens is 1. The van der Waals surface area contributed by atoms with Crippen molar-refractivity contribution in [1.29, 1.82) is 0 Å². The van der Waals surface area contributed by atoms with E-state index in [0.29, 0.717) is 5.69 Å². The monoisotopic (exact) mass is 266 g/mol. The van der Waals surface area contributed by atoms with Crippen LogP contribution in [0.2, 0.25) is 0 Å². The number of hydrogen-bond acceptors (Lipinski definition) is 5. The smallest absolute Gasteiger partial charge is 0.407 e. The summed E-state index contributed by atoms with van der Waals surface area (Å²) >= 11 is 0. The number of ether oxygens (including phenoxy) is 1. The van der Waals surface area contributed by atoms with Crippen LogP contribution in [-0.4, -0.2) is 27.6 Å². The van der Waals surface area contributed by atoms with E-state index < -0.39 is 11.7 Å². The Morgan fingerprint density at radius 2 is 2.00 bits per heavy atom. The number of nitrogens with zero attached hydrogens (tertiary/aromatic N) is 1. The van der Waals surface area contributed by atoms with Gasteiger partial charge in [0.2, 0.25) is 0 Å². The zero-order chi connectivity index (χ0) is 14.6. The second-order valence-electron chi connectivity index (χ2n) is 5.08. The van der Waals surface area contributed by atoms with E-state index in [-0.39, 0.29) is 23.8 Å². The first-order valence-electron chi connectivity index (χ1n) is 5.86. The second kappa shape index (κ2) is 5.69. The number of hydrogen-bond donors (Lipinski definition) is 2. The van der Waals surface area contributed by atoms with Gasteiger partial charge in [0.1, 0.15) is 17.0 Å². The first kappa shape index (κ1) is 14.9. The Hall–Kier alpha value is -2.11. The molecule has 0 saturated heterocycles. The van der Waals surface area contributed by atoms with Crippen LogP contribution in [0.15, 0.2) is 12.1 Å². The van der Waals surface area contributed by atoms with Gasteiger partial charge in [0.25, 0.3) is 0 Å². The Kier molecular flexibility index (Phi) is 4.47. The van der Waals surface area contributed by atoms with Gasteiger partial charge in [0.15, 0.2) is 5.78 Å². The lowest BCUT2D eigenvalue weighted by Crippen LogP contribution is -2.32. The molecule has 0 unspecified atom stereocenters. The van der Waals surface area contributed by atoms with Crippen molar-refractivity contribution in [3.05, 3.63) is 23.5 Å². The molecule has 0 radical (unpaired) electrons. The number of ketones is 1. The van der Waals surface area contributed by atoms with E-state index in [0.717, 1.165) is 0 Å². The zero-order valence-electron chi connectivity index (χ0n) is 11.5. The number of rotatable bonds is 3. The van der Waals surface area contributed by atoms with Crippen molar-refractivity contribution in [2.45, 2.75) is 39.8 Å². The van der Waals surface area contributed by atoms with Crippen molar-refractivity contribution in [2.75, 3.05) is 0 Å². The SMILES string of the molecule is CC(=O)c1nc(CNC(=O)OC(C)(C)C)ccc1O. The fraction of sp³-hybridized carbons (Fsp3) is 0.462. The van der Waals surface area contributed by atoms with Gasteiger partial charge in [0, 0.05) is 6.92 Å². The summed E-state index contributed by atoms with van der Waals surface area (Å²) in [5.41, 5.74) is -0.117. The summed E-state index contributed by atoms with van der Waals surface area (Å²) in [4.78, 5) is 26.6. The van der Waals surface area contributed by atoms with Crippen LogP contribution in [0.5, 0.6) is 5.75 Å². The molecule has 2 N–H and O–H groups in total. The fourth-order valence-electron chi connectivity index (χ4n) is 1.33. The minimum atomic E-state index is -0.572. The van der Waals surface area contributed by atoms with Crippen molar-refractivity contribution in [2.24, 2.45) is 0 Å². The lowest BCUT2D eigenvalue weighted by Gasteiger charge is -2.19. The van der Waals surface area contributed by atoms with Crippen LogP contribution in [0.4, 0.5) is 4.79 Å². The van der Waals surface area contributed by atoms with E-state index in [1.54, 1.807) is 20.8 Å². The Labute approximate surface area is 111 Å². The number of nitrogens with one attached hydrogen (secondary N) is 1. The van der Waals surface area contributed by atoms with Gasteiger partial charge in [-0.25, -0.2) is 9.78 Å². The van der Waals surface area contributed by atoms with Gasteiger partial charge < -0.3 is 15.2 Å². The minimum Gasteiger partial charge on any atom is -0.506 e. The summed E-state index contributed by atoms with van der Waals surface area (Å²) in [6, 6.07) is 2.90. The Balaban J connectivity index is 2.66. The molecule has 0 atom stereocenters. The minimum absolute atomic E-state index is 0.0107. The molecule has 104 valence electrons. The number of alkyl carbamates (subject to hydrolysis) is 1. The van der Waals surface area contributed by atoms with E-state index in [4.69, 9.17) is 4.74 Å². The quantitative estimate of drug-likeness (QED) is 0.817. The maximum Gasteiger partial charge on any atom is 0.407 e. The number of pyridine rings is 1. The molecule has 19 heavy (non-hydrogen) atoms. The van der Waals surface area contributed by atoms with Crippen LogP contribution in [0, 0.1) is 0 Å². The van der Waals surface area contributed by atoms with Crippen LogP contribution in [0.3, 0.4) is 0 Å². The first-order chi connectivity index (χ1) is 8.69. The van der Waals surface area contributed by atoms with Crippen molar-refractivity contribution >= 4 is 11.9 Å². The maximum absolute atomic E-state index is 11.4. The molecule has 0 fully saturated rings. The van der Waals surface area contributed by atoms with Crippen LogP contribution in [0.1, 0.15) is 43.9 Å². The van der Waals surface area contributed by atoms with E-state index in [9.17, 15) is 14.7 Å². The molecule has 1 rings (SSSR count).